The van der Waals surface area contributed by atoms with Crippen LogP contribution in [0.3, 0.4) is 0 Å². The molecule has 15 rings (SSSR count). The maximum atomic E-state index is 14.1. The van der Waals surface area contributed by atoms with Gasteiger partial charge >= 0.3 is 6.18 Å². The molecule has 0 atom stereocenters. The van der Waals surface area contributed by atoms with Gasteiger partial charge in [-0.15, -0.1) is 6.42 Å². The number of benzene rings is 10. The molecule has 5 aromatic heterocycles. The maximum Gasteiger partial charge on any atom is 0.417 e. The molecular weight excluding hydrogens is 1590 g/mol. The summed E-state index contributed by atoms with van der Waals surface area (Å²) in [7, 11) is 7.49. The van der Waals surface area contributed by atoms with E-state index in [1.807, 2.05) is 290 Å². The number of ketones is 5. The third-order valence-electron chi connectivity index (χ3n) is 20.8. The number of aromatic nitrogens is 5. The minimum atomic E-state index is -4.45. The summed E-state index contributed by atoms with van der Waals surface area (Å²) in [6.07, 6.45) is 18.8. The Kier molecular flexibility index (Phi) is 32.8. The molecule has 127 heavy (non-hydrogen) atoms. The Morgan fingerprint density at radius 1 is 0.307 bits per heavy atom. The topological polar surface area (TPSA) is 166 Å². The lowest BCUT2D eigenvalue weighted by atomic mass is 10.0. The standard InChI is InChI=1S/C22H19F3N2O.C22H18N2O.C22H22N2O.C21H19FN2O.C21H20N2O/c1-15-5-3-7-17(9-15)21(28)11-16-6-4-8-19(10-16)27(2)20-12-18(13-26-14-20)22(23,24)25;1-3-17-7-4-9-19(13-17)22(25)15-18-8-5-10-20(14-18)24(2)21-11-6-12-23-16-21;1-3-24(21-11-6-12-23-16-21)20-10-5-8-18(14-20)15-22(25)19-9-4-7-17(2)13-19;1-15-5-3-6-17(9-15)21(25)12-16-10-18(22)13-20(11-16)24(2)19-7-4-8-23-14-19;1-16-6-3-8-18(12-16)21(24)14-17-7-4-9-19(13-17)23(2)20-10-5-11-22-15-20/h3-10,12-14H,11H2,1-2H3;1,4-14,16H,15H2,2H3;4-14,16H,3,15H2,1-2H3;3-11,13-14H,12H2,1-2H3;3-13,15H,14H2,1-2H3. The summed E-state index contributed by atoms with van der Waals surface area (Å²) in [6.45, 7) is 10.8. The summed E-state index contributed by atoms with van der Waals surface area (Å²) >= 11 is 0. The highest BCUT2D eigenvalue weighted by atomic mass is 19.4. The highest BCUT2D eigenvalue weighted by Crippen LogP contribution is 2.35. The predicted molar refractivity (Wildman–Crippen MR) is 503 cm³/mol. The minimum absolute atomic E-state index is 0.00996. The fraction of sp³-hybridized carbons (Fsp3) is 0.148. The number of carbonyl (C=O) groups excluding carboxylic acids is 5. The second kappa shape index (κ2) is 45.1. The maximum absolute atomic E-state index is 14.1. The summed E-state index contributed by atoms with van der Waals surface area (Å²) in [6, 6.07) is 90.2. The monoisotopic (exact) mass is 1690 g/mol. The molecule has 0 unspecified atom stereocenters. The molecule has 0 radical (unpaired) electrons. The van der Waals surface area contributed by atoms with Gasteiger partial charge in [-0.05, 0) is 220 Å². The Morgan fingerprint density at radius 2 is 0.606 bits per heavy atom. The SMILES string of the molecule is C#Cc1cccc(C(=O)Cc2cccc(N(C)c3cccnc3)c2)c1.CCN(c1cccnc1)c1cccc(CC(=O)c2cccc(C)c2)c1.Cc1cccc(C(=O)Cc2cc(F)cc(N(C)c3cccnc3)c2)c1.Cc1cccc(C(=O)Cc2cccc(N(C)c3cccnc3)c2)c1.Cc1cccc(C(=O)Cc2cccc(N(C)c3cncc(C(F)(F)F)c3)c2)c1. The van der Waals surface area contributed by atoms with E-state index in [9.17, 15) is 41.5 Å². The third-order valence-corrected chi connectivity index (χ3v) is 20.8. The molecule has 638 valence electrons. The molecule has 0 saturated carbocycles. The van der Waals surface area contributed by atoms with Gasteiger partial charge in [0.05, 0.1) is 65.0 Å². The van der Waals surface area contributed by atoms with Crippen molar-refractivity contribution >= 4 is 85.8 Å². The number of carbonyl (C=O) groups is 5. The number of terminal acetylenes is 1. The van der Waals surface area contributed by atoms with E-state index in [1.165, 1.54) is 18.3 Å². The zero-order valence-electron chi connectivity index (χ0n) is 72.3. The van der Waals surface area contributed by atoms with E-state index in [-0.39, 0.29) is 47.6 Å². The van der Waals surface area contributed by atoms with Gasteiger partial charge in [-0.2, -0.15) is 13.2 Å². The Bertz CT molecular complexity index is 6290. The van der Waals surface area contributed by atoms with Gasteiger partial charge in [0.1, 0.15) is 5.82 Å². The summed E-state index contributed by atoms with van der Waals surface area (Å²) in [4.78, 5) is 92.6. The fourth-order valence-electron chi connectivity index (χ4n) is 13.9. The molecule has 0 aliphatic carbocycles. The molecule has 0 fully saturated rings. The van der Waals surface area contributed by atoms with Gasteiger partial charge in [-0.25, -0.2) is 4.39 Å². The zero-order chi connectivity index (χ0) is 90.4. The van der Waals surface area contributed by atoms with Crippen LogP contribution < -0.4 is 24.5 Å². The number of pyridine rings is 5. The average Bonchev–Trinajstić information content (AvgIpc) is 0.804. The summed E-state index contributed by atoms with van der Waals surface area (Å²) in [5, 5.41) is 0. The van der Waals surface area contributed by atoms with Crippen molar-refractivity contribution in [2.45, 2.75) is 72.9 Å². The summed E-state index contributed by atoms with van der Waals surface area (Å²) in [5.41, 5.74) is 20.8. The molecule has 10 aromatic carbocycles. The van der Waals surface area contributed by atoms with Gasteiger partial charge in [-0.3, -0.25) is 48.9 Å². The van der Waals surface area contributed by atoms with E-state index in [0.717, 1.165) is 120 Å². The van der Waals surface area contributed by atoms with Crippen LogP contribution in [0.15, 0.2) is 353 Å². The Labute approximate surface area is 740 Å². The van der Waals surface area contributed by atoms with E-state index >= 15 is 0 Å². The van der Waals surface area contributed by atoms with Gasteiger partial charge in [-0.1, -0.05) is 162 Å². The van der Waals surface area contributed by atoms with Crippen LogP contribution in [0.25, 0.3) is 0 Å². The summed E-state index contributed by atoms with van der Waals surface area (Å²) in [5.74, 6) is 2.51. The molecule has 0 saturated heterocycles. The highest BCUT2D eigenvalue weighted by Gasteiger charge is 2.32. The molecular formula is C108H98F4N10O5. The fourth-order valence-corrected chi connectivity index (χ4v) is 13.9. The Balaban J connectivity index is 0.000000154. The van der Waals surface area contributed by atoms with Crippen LogP contribution in [-0.2, 0) is 38.3 Å². The number of rotatable bonds is 26. The number of hydrogen-bond donors (Lipinski definition) is 0. The van der Waals surface area contributed by atoms with Crippen molar-refractivity contribution in [2.75, 3.05) is 59.2 Å². The van der Waals surface area contributed by atoms with Crippen LogP contribution in [-0.4, -0.2) is 88.6 Å². The molecule has 15 aromatic rings. The summed E-state index contributed by atoms with van der Waals surface area (Å²) < 4.78 is 52.9. The van der Waals surface area contributed by atoms with Crippen LogP contribution in [0.2, 0.25) is 0 Å². The predicted octanol–water partition coefficient (Wildman–Crippen LogP) is 24.1. The molecule has 5 heterocycles. The molecule has 0 bridgehead atoms. The first-order valence-electron chi connectivity index (χ1n) is 41.2. The van der Waals surface area contributed by atoms with Crippen molar-refractivity contribution in [3.05, 3.63) is 448 Å². The normalized spacial score (nSPS) is 10.6. The van der Waals surface area contributed by atoms with E-state index < -0.39 is 11.7 Å². The molecule has 0 N–H and O–H groups in total. The van der Waals surface area contributed by atoms with Gasteiger partial charge < -0.3 is 24.5 Å². The highest BCUT2D eigenvalue weighted by molar-refractivity contribution is 6.00. The number of halogens is 4. The van der Waals surface area contributed by atoms with Crippen molar-refractivity contribution in [1.82, 2.24) is 24.9 Å². The van der Waals surface area contributed by atoms with Crippen molar-refractivity contribution in [1.29, 1.82) is 0 Å². The van der Waals surface area contributed by atoms with E-state index in [2.05, 4.69) is 65.8 Å². The van der Waals surface area contributed by atoms with Crippen LogP contribution in [0.5, 0.6) is 0 Å². The van der Waals surface area contributed by atoms with Crippen molar-refractivity contribution in [2.24, 2.45) is 0 Å². The number of aryl methyl sites for hydroxylation is 4. The van der Waals surface area contributed by atoms with Crippen LogP contribution in [0, 0.1) is 45.9 Å². The van der Waals surface area contributed by atoms with Gasteiger partial charge in [0, 0.05) is 160 Å². The first kappa shape index (κ1) is 92.3. The second-order valence-corrected chi connectivity index (χ2v) is 30.5. The lowest BCUT2D eigenvalue weighted by molar-refractivity contribution is -0.137. The lowest BCUT2D eigenvalue weighted by Crippen LogP contribution is -2.16. The number of alkyl halides is 3. The van der Waals surface area contributed by atoms with Gasteiger partial charge in [0.2, 0.25) is 0 Å². The van der Waals surface area contributed by atoms with E-state index in [1.54, 1.807) is 85.4 Å². The van der Waals surface area contributed by atoms with Gasteiger partial charge in [0.15, 0.2) is 28.9 Å². The van der Waals surface area contributed by atoms with E-state index in [0.29, 0.717) is 58.6 Å². The molecule has 0 aliphatic heterocycles. The third kappa shape index (κ3) is 27.3. The van der Waals surface area contributed by atoms with Crippen LogP contribution >= 0.6 is 0 Å². The Morgan fingerprint density at radius 3 is 0.953 bits per heavy atom. The van der Waals surface area contributed by atoms with Crippen molar-refractivity contribution < 1.29 is 41.5 Å². The quantitative estimate of drug-likeness (QED) is 0.0285. The zero-order valence-corrected chi connectivity index (χ0v) is 72.3. The number of Topliss-reactive ketones (excluding diaryl/α,β-unsaturated/α-hetero) is 5. The molecule has 15 nitrogen and oxygen atoms in total. The molecule has 0 spiro atoms. The first-order valence-corrected chi connectivity index (χ1v) is 41.2. The van der Waals surface area contributed by atoms with Crippen LogP contribution in [0.1, 0.15) is 120 Å². The number of hydrogen-bond acceptors (Lipinski definition) is 15. The van der Waals surface area contributed by atoms with Crippen molar-refractivity contribution in [3.8, 4) is 12.3 Å². The largest absolute Gasteiger partial charge is 0.417 e. The number of anilines is 10. The smallest absolute Gasteiger partial charge is 0.343 e. The van der Waals surface area contributed by atoms with E-state index in [4.69, 9.17) is 6.42 Å². The lowest BCUT2D eigenvalue weighted by Gasteiger charge is -2.23. The molecule has 0 amide bonds. The average molecular weight is 1690 g/mol. The van der Waals surface area contributed by atoms with Crippen molar-refractivity contribution in [3.63, 3.8) is 0 Å². The van der Waals surface area contributed by atoms with Crippen LogP contribution in [0.4, 0.5) is 74.4 Å². The molecule has 19 heteroatoms. The minimum Gasteiger partial charge on any atom is -0.343 e. The Hall–Kier alpha value is -15.4. The first-order chi connectivity index (χ1) is 61.2. The second-order valence-electron chi connectivity index (χ2n) is 30.5. The number of nitrogens with zero attached hydrogens (tertiary/aromatic N) is 10. The van der Waals surface area contributed by atoms with Gasteiger partial charge in [0.25, 0.3) is 0 Å². The molecule has 0 aliphatic rings.